The highest BCUT2D eigenvalue weighted by Crippen LogP contribution is 2.27. The van der Waals surface area contributed by atoms with Crippen LogP contribution in [0.25, 0.3) is 0 Å². The van der Waals surface area contributed by atoms with Gasteiger partial charge in [-0.15, -0.1) is 0 Å². The van der Waals surface area contributed by atoms with Crippen LogP contribution in [-0.2, 0) is 0 Å². The minimum absolute atomic E-state index is 0.0539. The maximum atomic E-state index is 12.3. The van der Waals surface area contributed by atoms with E-state index in [0.29, 0.717) is 10.6 Å². The Balaban J connectivity index is 2.20. The Kier molecular flexibility index (Phi) is 4.46. The molecule has 0 radical (unpaired) electrons. The first-order valence-corrected chi connectivity index (χ1v) is 7.10. The molecule has 1 aliphatic rings. The van der Waals surface area contributed by atoms with Gasteiger partial charge in [-0.2, -0.15) is 0 Å². The van der Waals surface area contributed by atoms with Gasteiger partial charge in [0, 0.05) is 17.6 Å². The predicted molar refractivity (Wildman–Crippen MR) is 73.5 cm³/mol. The van der Waals surface area contributed by atoms with Crippen LogP contribution in [0.1, 0.15) is 36.0 Å². The Labute approximate surface area is 115 Å². The number of nitrogens with zero attached hydrogens (tertiary/aromatic N) is 1. The highest BCUT2D eigenvalue weighted by Gasteiger charge is 2.20. The quantitative estimate of drug-likeness (QED) is 0.763. The normalized spacial score (nSPS) is 16.7. The number of halogens is 2. The molecule has 0 aromatic heterocycles. The summed E-state index contributed by atoms with van der Waals surface area (Å²) in [6.07, 6.45) is 4.63. The molecule has 2 rings (SSSR count). The Bertz CT molecular complexity index is 414. The van der Waals surface area contributed by atoms with Crippen LogP contribution in [0.5, 0.6) is 0 Å². The molecular formula is C13H15BrClNO. The van der Waals surface area contributed by atoms with E-state index in [1.54, 1.807) is 6.07 Å². The Morgan fingerprint density at radius 2 is 1.82 bits per heavy atom. The second-order valence-electron chi connectivity index (χ2n) is 4.31. The number of likely N-dealkylation sites (tertiary alicyclic amines) is 1. The topological polar surface area (TPSA) is 20.3 Å². The highest BCUT2D eigenvalue weighted by atomic mass is 79.9. The summed E-state index contributed by atoms with van der Waals surface area (Å²) < 4.78 is 0.778. The SMILES string of the molecule is O=C(c1cccc(Br)c1Cl)N1CCCCCC1. The molecule has 0 atom stereocenters. The number of benzene rings is 1. The first-order chi connectivity index (χ1) is 8.20. The minimum Gasteiger partial charge on any atom is -0.339 e. The summed E-state index contributed by atoms with van der Waals surface area (Å²) in [5.74, 6) is 0.0539. The van der Waals surface area contributed by atoms with Crippen molar-refractivity contribution in [3.63, 3.8) is 0 Å². The van der Waals surface area contributed by atoms with E-state index in [9.17, 15) is 4.79 Å². The van der Waals surface area contributed by atoms with Crippen molar-refractivity contribution in [2.45, 2.75) is 25.7 Å². The summed E-state index contributed by atoms with van der Waals surface area (Å²) in [7, 11) is 0. The number of rotatable bonds is 1. The van der Waals surface area contributed by atoms with Crippen LogP contribution in [0.3, 0.4) is 0 Å². The van der Waals surface area contributed by atoms with Crippen molar-refractivity contribution in [3.05, 3.63) is 33.3 Å². The average Bonchev–Trinajstić information content (AvgIpc) is 2.60. The van der Waals surface area contributed by atoms with E-state index in [-0.39, 0.29) is 5.91 Å². The minimum atomic E-state index is 0.0539. The van der Waals surface area contributed by atoms with Gasteiger partial charge >= 0.3 is 0 Å². The Morgan fingerprint density at radius 1 is 1.18 bits per heavy atom. The van der Waals surface area contributed by atoms with E-state index in [1.165, 1.54) is 12.8 Å². The van der Waals surface area contributed by atoms with Crippen LogP contribution in [-0.4, -0.2) is 23.9 Å². The summed E-state index contributed by atoms with van der Waals surface area (Å²) >= 11 is 9.50. The van der Waals surface area contributed by atoms with Crippen molar-refractivity contribution in [1.29, 1.82) is 0 Å². The lowest BCUT2D eigenvalue weighted by Gasteiger charge is -2.21. The molecule has 2 nitrogen and oxygen atoms in total. The lowest BCUT2D eigenvalue weighted by atomic mass is 10.2. The number of amides is 1. The fraction of sp³-hybridized carbons (Fsp3) is 0.462. The molecule has 0 N–H and O–H groups in total. The zero-order valence-electron chi connectivity index (χ0n) is 9.59. The van der Waals surface area contributed by atoms with Crippen molar-refractivity contribution < 1.29 is 4.79 Å². The van der Waals surface area contributed by atoms with E-state index in [1.807, 2.05) is 17.0 Å². The zero-order valence-corrected chi connectivity index (χ0v) is 11.9. The van der Waals surface area contributed by atoms with Gasteiger partial charge in [-0.25, -0.2) is 0 Å². The molecular weight excluding hydrogens is 302 g/mol. The van der Waals surface area contributed by atoms with Gasteiger partial charge in [-0.3, -0.25) is 4.79 Å². The molecule has 1 amide bonds. The molecule has 0 bridgehead atoms. The van der Waals surface area contributed by atoms with Crippen LogP contribution in [0, 0.1) is 0 Å². The van der Waals surface area contributed by atoms with Gasteiger partial charge in [-0.1, -0.05) is 30.5 Å². The molecule has 0 aliphatic carbocycles. The van der Waals surface area contributed by atoms with E-state index >= 15 is 0 Å². The number of carbonyl (C=O) groups excluding carboxylic acids is 1. The van der Waals surface area contributed by atoms with Crippen LogP contribution >= 0.6 is 27.5 Å². The highest BCUT2D eigenvalue weighted by molar-refractivity contribution is 9.10. The van der Waals surface area contributed by atoms with E-state index in [0.717, 1.165) is 30.4 Å². The number of hydrogen-bond donors (Lipinski definition) is 0. The Hall–Kier alpha value is -0.540. The summed E-state index contributed by atoms with van der Waals surface area (Å²) in [5, 5.41) is 0.516. The third-order valence-corrected chi connectivity index (χ3v) is 4.37. The smallest absolute Gasteiger partial charge is 0.255 e. The second kappa shape index (κ2) is 5.87. The van der Waals surface area contributed by atoms with Gasteiger partial charge < -0.3 is 4.90 Å². The molecule has 1 aliphatic heterocycles. The maximum absolute atomic E-state index is 12.3. The molecule has 0 spiro atoms. The molecule has 0 unspecified atom stereocenters. The molecule has 1 heterocycles. The maximum Gasteiger partial charge on any atom is 0.255 e. The monoisotopic (exact) mass is 315 g/mol. The fourth-order valence-electron chi connectivity index (χ4n) is 2.11. The summed E-state index contributed by atoms with van der Waals surface area (Å²) in [5.41, 5.74) is 0.600. The van der Waals surface area contributed by atoms with Gasteiger partial charge in [0.2, 0.25) is 0 Å². The van der Waals surface area contributed by atoms with Gasteiger partial charge in [-0.05, 0) is 40.9 Å². The largest absolute Gasteiger partial charge is 0.339 e. The predicted octanol–water partition coefficient (Wildman–Crippen LogP) is 4.12. The van der Waals surface area contributed by atoms with Gasteiger partial charge in [0.05, 0.1) is 10.6 Å². The fourth-order valence-corrected chi connectivity index (χ4v) is 2.69. The molecule has 1 aromatic rings. The van der Waals surface area contributed by atoms with Crippen LogP contribution < -0.4 is 0 Å². The third-order valence-electron chi connectivity index (χ3n) is 3.08. The van der Waals surface area contributed by atoms with Gasteiger partial charge in [0.1, 0.15) is 0 Å². The van der Waals surface area contributed by atoms with Crippen molar-refractivity contribution >= 4 is 33.4 Å². The first kappa shape index (κ1) is 12.9. The third kappa shape index (κ3) is 3.02. The summed E-state index contributed by atoms with van der Waals surface area (Å²) in [4.78, 5) is 14.3. The molecule has 4 heteroatoms. The van der Waals surface area contributed by atoms with Gasteiger partial charge in [0.25, 0.3) is 5.91 Å². The van der Waals surface area contributed by atoms with Crippen LogP contribution in [0.2, 0.25) is 5.02 Å². The lowest BCUT2D eigenvalue weighted by Crippen LogP contribution is -2.32. The lowest BCUT2D eigenvalue weighted by molar-refractivity contribution is 0.0762. The number of hydrogen-bond acceptors (Lipinski definition) is 1. The number of carbonyl (C=O) groups is 1. The van der Waals surface area contributed by atoms with E-state index in [2.05, 4.69) is 15.9 Å². The molecule has 1 aromatic carbocycles. The van der Waals surface area contributed by atoms with Crippen molar-refractivity contribution in [1.82, 2.24) is 4.90 Å². The van der Waals surface area contributed by atoms with Crippen molar-refractivity contribution in [3.8, 4) is 0 Å². The molecule has 92 valence electrons. The van der Waals surface area contributed by atoms with Crippen LogP contribution in [0.4, 0.5) is 0 Å². The first-order valence-electron chi connectivity index (χ1n) is 5.93. The summed E-state index contributed by atoms with van der Waals surface area (Å²) in [6.45, 7) is 1.70. The van der Waals surface area contributed by atoms with Gasteiger partial charge in [0.15, 0.2) is 0 Å². The van der Waals surface area contributed by atoms with Crippen molar-refractivity contribution in [2.75, 3.05) is 13.1 Å². The van der Waals surface area contributed by atoms with E-state index in [4.69, 9.17) is 11.6 Å². The van der Waals surface area contributed by atoms with Crippen molar-refractivity contribution in [2.24, 2.45) is 0 Å². The van der Waals surface area contributed by atoms with Crippen LogP contribution in [0.15, 0.2) is 22.7 Å². The average molecular weight is 317 g/mol. The molecule has 1 saturated heterocycles. The Morgan fingerprint density at radius 3 is 2.47 bits per heavy atom. The second-order valence-corrected chi connectivity index (χ2v) is 5.54. The summed E-state index contributed by atoms with van der Waals surface area (Å²) in [6, 6.07) is 5.49. The molecule has 0 saturated carbocycles. The van der Waals surface area contributed by atoms with E-state index < -0.39 is 0 Å². The molecule has 1 fully saturated rings. The zero-order chi connectivity index (χ0) is 12.3. The molecule has 17 heavy (non-hydrogen) atoms. The standard InChI is InChI=1S/C13H15BrClNO/c14-11-7-5-6-10(12(11)15)13(17)16-8-3-1-2-4-9-16/h5-7H,1-4,8-9H2.